The van der Waals surface area contributed by atoms with Gasteiger partial charge >= 0.3 is 5.97 Å². The van der Waals surface area contributed by atoms with Crippen LogP contribution >= 0.6 is 0 Å². The van der Waals surface area contributed by atoms with Crippen LogP contribution in [-0.2, 0) is 4.79 Å². The van der Waals surface area contributed by atoms with E-state index in [0.29, 0.717) is 6.04 Å². The quantitative estimate of drug-likeness (QED) is 0.803. The van der Waals surface area contributed by atoms with Crippen molar-refractivity contribution in [1.29, 1.82) is 0 Å². The van der Waals surface area contributed by atoms with E-state index >= 15 is 0 Å². The van der Waals surface area contributed by atoms with E-state index < -0.39 is 5.97 Å². The van der Waals surface area contributed by atoms with Crippen LogP contribution in [-0.4, -0.2) is 59.6 Å². The summed E-state index contributed by atoms with van der Waals surface area (Å²) in [5.41, 5.74) is 0. The number of likely N-dealkylation sites (tertiary alicyclic amines) is 2. The van der Waals surface area contributed by atoms with Gasteiger partial charge in [-0.25, -0.2) is 0 Å². The predicted octanol–water partition coefficient (Wildman–Crippen LogP) is 1.27. The largest absolute Gasteiger partial charge is 0.481 e. The SMILES string of the molecule is CCCN1CCC(N2CCC(C(=O)O)C2)CC1. The van der Waals surface area contributed by atoms with E-state index in [2.05, 4.69) is 16.7 Å². The van der Waals surface area contributed by atoms with Crippen molar-refractivity contribution in [1.82, 2.24) is 9.80 Å². The highest BCUT2D eigenvalue weighted by atomic mass is 16.4. The van der Waals surface area contributed by atoms with Gasteiger partial charge in [0.25, 0.3) is 0 Å². The van der Waals surface area contributed by atoms with E-state index in [-0.39, 0.29) is 5.92 Å². The summed E-state index contributed by atoms with van der Waals surface area (Å²) in [7, 11) is 0. The molecular weight excluding hydrogens is 216 g/mol. The normalized spacial score (nSPS) is 28.6. The molecule has 0 amide bonds. The topological polar surface area (TPSA) is 43.8 Å². The highest BCUT2D eigenvalue weighted by Crippen LogP contribution is 2.24. The molecule has 2 rings (SSSR count). The van der Waals surface area contributed by atoms with Crippen molar-refractivity contribution in [2.75, 3.05) is 32.7 Å². The van der Waals surface area contributed by atoms with Gasteiger partial charge < -0.3 is 10.0 Å². The lowest BCUT2D eigenvalue weighted by atomic mass is 10.0. The number of piperidine rings is 1. The number of nitrogens with zero attached hydrogens (tertiary/aromatic N) is 2. The van der Waals surface area contributed by atoms with Gasteiger partial charge in [-0.15, -0.1) is 0 Å². The number of hydrogen-bond donors (Lipinski definition) is 1. The zero-order valence-electron chi connectivity index (χ0n) is 10.8. The Morgan fingerprint density at radius 3 is 2.47 bits per heavy atom. The third-order valence-electron chi connectivity index (χ3n) is 4.18. The molecule has 0 spiro atoms. The van der Waals surface area contributed by atoms with Gasteiger partial charge in [-0.1, -0.05) is 6.92 Å². The molecular formula is C13H24N2O2. The number of hydrogen-bond acceptors (Lipinski definition) is 3. The molecule has 2 heterocycles. The smallest absolute Gasteiger partial charge is 0.307 e. The van der Waals surface area contributed by atoms with Gasteiger partial charge in [-0.3, -0.25) is 9.69 Å². The summed E-state index contributed by atoms with van der Waals surface area (Å²) in [4.78, 5) is 15.9. The van der Waals surface area contributed by atoms with Crippen LogP contribution in [0.15, 0.2) is 0 Å². The van der Waals surface area contributed by atoms with E-state index in [1.165, 1.54) is 38.9 Å². The van der Waals surface area contributed by atoms with Crippen LogP contribution in [0.3, 0.4) is 0 Å². The van der Waals surface area contributed by atoms with Crippen LogP contribution in [0.5, 0.6) is 0 Å². The van der Waals surface area contributed by atoms with Crippen molar-refractivity contribution < 1.29 is 9.90 Å². The molecule has 1 unspecified atom stereocenters. The second-order valence-corrected chi connectivity index (χ2v) is 5.39. The van der Waals surface area contributed by atoms with Crippen molar-refractivity contribution in [3.8, 4) is 0 Å². The van der Waals surface area contributed by atoms with Crippen LogP contribution in [0.2, 0.25) is 0 Å². The van der Waals surface area contributed by atoms with Crippen molar-refractivity contribution in [2.45, 2.75) is 38.6 Å². The van der Waals surface area contributed by atoms with Crippen LogP contribution in [0.25, 0.3) is 0 Å². The molecule has 0 aliphatic carbocycles. The Morgan fingerprint density at radius 2 is 1.94 bits per heavy atom. The van der Waals surface area contributed by atoms with E-state index in [1.54, 1.807) is 0 Å². The van der Waals surface area contributed by atoms with Crippen LogP contribution in [0.1, 0.15) is 32.6 Å². The zero-order valence-corrected chi connectivity index (χ0v) is 10.8. The van der Waals surface area contributed by atoms with Gasteiger partial charge in [-0.05, 0) is 51.9 Å². The summed E-state index contributed by atoms with van der Waals surface area (Å²) >= 11 is 0. The molecule has 1 N–H and O–H groups in total. The fourth-order valence-electron chi connectivity index (χ4n) is 3.14. The minimum Gasteiger partial charge on any atom is -0.481 e. The van der Waals surface area contributed by atoms with Gasteiger partial charge in [0, 0.05) is 12.6 Å². The average molecular weight is 240 g/mol. The maximum absolute atomic E-state index is 10.9. The Bertz CT molecular complexity index is 262. The Hall–Kier alpha value is -0.610. The number of carboxylic acid groups (broad SMARTS) is 1. The minimum absolute atomic E-state index is 0.122. The molecule has 1 atom stereocenters. The lowest BCUT2D eigenvalue weighted by Crippen LogP contribution is -2.44. The van der Waals surface area contributed by atoms with Gasteiger partial charge in [0.05, 0.1) is 5.92 Å². The first-order valence-corrected chi connectivity index (χ1v) is 6.90. The Kier molecular flexibility index (Phi) is 4.40. The summed E-state index contributed by atoms with van der Waals surface area (Å²) in [6.07, 6.45) is 4.50. The Balaban J connectivity index is 1.76. The lowest BCUT2D eigenvalue weighted by Gasteiger charge is -2.36. The van der Waals surface area contributed by atoms with E-state index in [9.17, 15) is 4.79 Å². The highest BCUT2D eigenvalue weighted by Gasteiger charge is 2.33. The second kappa shape index (κ2) is 5.83. The Morgan fingerprint density at radius 1 is 1.24 bits per heavy atom. The predicted molar refractivity (Wildman–Crippen MR) is 67.1 cm³/mol. The summed E-state index contributed by atoms with van der Waals surface area (Å²) in [5.74, 6) is -0.736. The molecule has 2 aliphatic rings. The fraction of sp³-hybridized carbons (Fsp3) is 0.923. The molecule has 0 aromatic rings. The van der Waals surface area contributed by atoms with Gasteiger partial charge in [0.15, 0.2) is 0 Å². The molecule has 2 saturated heterocycles. The van der Waals surface area contributed by atoms with Gasteiger partial charge in [0.1, 0.15) is 0 Å². The van der Waals surface area contributed by atoms with Crippen LogP contribution < -0.4 is 0 Å². The Labute approximate surface area is 104 Å². The van der Waals surface area contributed by atoms with Crippen molar-refractivity contribution in [3.63, 3.8) is 0 Å². The highest BCUT2D eigenvalue weighted by molar-refractivity contribution is 5.70. The number of carboxylic acids is 1. The molecule has 0 saturated carbocycles. The molecule has 0 aromatic carbocycles. The van der Waals surface area contributed by atoms with E-state index in [0.717, 1.165) is 19.5 Å². The van der Waals surface area contributed by atoms with Crippen molar-refractivity contribution >= 4 is 5.97 Å². The fourth-order valence-corrected chi connectivity index (χ4v) is 3.14. The van der Waals surface area contributed by atoms with Crippen molar-refractivity contribution in [2.24, 2.45) is 5.92 Å². The van der Waals surface area contributed by atoms with Crippen LogP contribution in [0.4, 0.5) is 0 Å². The second-order valence-electron chi connectivity index (χ2n) is 5.39. The molecule has 0 bridgehead atoms. The summed E-state index contributed by atoms with van der Waals surface area (Å²) in [6, 6.07) is 0.632. The molecule has 0 aromatic heterocycles. The van der Waals surface area contributed by atoms with E-state index in [4.69, 9.17) is 5.11 Å². The maximum Gasteiger partial charge on any atom is 0.307 e. The first kappa shape index (κ1) is 12.8. The molecule has 0 radical (unpaired) electrons. The van der Waals surface area contributed by atoms with Gasteiger partial charge in [0.2, 0.25) is 0 Å². The standard InChI is InChI=1S/C13H24N2O2/c1-2-6-14-7-4-12(5-8-14)15-9-3-11(10-15)13(16)17/h11-12H,2-10H2,1H3,(H,16,17). The lowest BCUT2D eigenvalue weighted by molar-refractivity contribution is -0.141. The number of carbonyl (C=O) groups is 1. The molecule has 98 valence electrons. The van der Waals surface area contributed by atoms with Gasteiger partial charge in [-0.2, -0.15) is 0 Å². The first-order chi connectivity index (χ1) is 8.20. The average Bonchev–Trinajstić information content (AvgIpc) is 2.80. The summed E-state index contributed by atoms with van der Waals surface area (Å²) < 4.78 is 0. The molecule has 2 aliphatic heterocycles. The molecule has 2 fully saturated rings. The zero-order chi connectivity index (χ0) is 12.3. The summed E-state index contributed by atoms with van der Waals surface area (Å²) in [5, 5.41) is 9.01. The monoisotopic (exact) mass is 240 g/mol. The minimum atomic E-state index is -0.615. The molecule has 17 heavy (non-hydrogen) atoms. The van der Waals surface area contributed by atoms with E-state index in [1.807, 2.05) is 0 Å². The third kappa shape index (κ3) is 3.19. The number of rotatable bonds is 4. The molecule has 4 heteroatoms. The maximum atomic E-state index is 10.9. The van der Waals surface area contributed by atoms with Crippen molar-refractivity contribution in [3.05, 3.63) is 0 Å². The third-order valence-corrected chi connectivity index (χ3v) is 4.18. The first-order valence-electron chi connectivity index (χ1n) is 6.90. The van der Waals surface area contributed by atoms with Crippen LogP contribution in [0, 0.1) is 5.92 Å². The molecule has 4 nitrogen and oxygen atoms in total. The summed E-state index contributed by atoms with van der Waals surface area (Å²) in [6.45, 7) is 7.57. The number of aliphatic carboxylic acids is 1.